The molecule has 2 unspecified atom stereocenters. The molecule has 10 N–H and O–H groups in total. The van der Waals surface area contributed by atoms with Crippen molar-refractivity contribution < 1.29 is 57.2 Å². The number of nitrogens with one attached hydrogen (secondary N) is 4. The fourth-order valence-electron chi connectivity index (χ4n) is 3.53. The molecule has 0 saturated carbocycles. The Hall–Kier alpha value is -5.49. The number of amides is 5. The van der Waals surface area contributed by atoms with Gasteiger partial charge in [0.25, 0.3) is 11.8 Å². The summed E-state index contributed by atoms with van der Waals surface area (Å²) in [5.74, 6) is -5.57. The quantitative estimate of drug-likeness (QED) is 0.0324. The average Bonchev–Trinajstić information content (AvgIpc) is 3.38. The predicted octanol–water partition coefficient (Wildman–Crippen LogP) is -3.47. The number of carboxylic acid groups (broad SMARTS) is 1. The summed E-state index contributed by atoms with van der Waals surface area (Å²) in [4.78, 5) is 81.8. The second-order valence-electron chi connectivity index (χ2n) is 9.75. The number of hydrogen-bond acceptors (Lipinski definition) is 15. The second kappa shape index (κ2) is 13.7. The largest absolute Gasteiger partial charge is 0.503 e. The lowest BCUT2D eigenvalue weighted by molar-refractivity contribution is -0.161. The Morgan fingerprint density at radius 3 is 2.46 bits per heavy atom. The predicted molar refractivity (Wildman–Crippen MR) is 153 cm³/mol. The molecule has 0 radical (unpaired) electrons. The Morgan fingerprint density at radius 1 is 1.20 bits per heavy atom. The molecule has 5 amide bonds. The monoisotopic (exact) mass is 689 g/mol. The van der Waals surface area contributed by atoms with Gasteiger partial charge in [-0.2, -0.15) is 13.1 Å². The van der Waals surface area contributed by atoms with Crippen LogP contribution in [-0.2, 0) is 40.9 Å². The summed E-state index contributed by atoms with van der Waals surface area (Å²) in [7, 11) is -5.16. The molecule has 2 atom stereocenters. The Kier molecular flexibility index (Phi) is 10.4. The highest BCUT2D eigenvalue weighted by Crippen LogP contribution is 2.24. The number of aliphatic carboxylic acids is 1. The summed E-state index contributed by atoms with van der Waals surface area (Å²) in [6.07, 6.45) is 0.706. The normalized spacial score (nSPS) is 16.6. The van der Waals surface area contributed by atoms with Crippen LogP contribution in [0.2, 0.25) is 0 Å². The van der Waals surface area contributed by atoms with Crippen LogP contribution in [0, 0.1) is 0 Å². The molecular formula is C22H27N9O13S2. The highest BCUT2D eigenvalue weighted by molar-refractivity contribution is 7.84. The van der Waals surface area contributed by atoms with E-state index in [4.69, 9.17) is 10.6 Å². The third-order valence-corrected chi connectivity index (χ3v) is 7.62. The van der Waals surface area contributed by atoms with Gasteiger partial charge in [0.2, 0.25) is 16.9 Å². The van der Waals surface area contributed by atoms with Crippen molar-refractivity contribution in [2.75, 3.05) is 18.8 Å². The number of hydrogen-bond donors (Lipinski definition) is 9. The van der Waals surface area contributed by atoms with E-state index in [9.17, 15) is 57.2 Å². The smallest absolute Gasteiger partial charge is 0.362 e. The number of anilines is 1. The van der Waals surface area contributed by atoms with Gasteiger partial charge < -0.3 is 47.3 Å². The number of pyridine rings is 1. The fourth-order valence-corrected chi connectivity index (χ4v) is 4.96. The van der Waals surface area contributed by atoms with E-state index in [1.54, 1.807) is 0 Å². The molecule has 250 valence electrons. The van der Waals surface area contributed by atoms with Gasteiger partial charge in [0.1, 0.15) is 11.7 Å². The number of oxime groups is 1. The molecule has 2 aromatic rings. The molecule has 46 heavy (non-hydrogen) atoms. The number of nitrogens with two attached hydrogens (primary N) is 1. The summed E-state index contributed by atoms with van der Waals surface area (Å²) < 4.78 is 33.5. The maximum Gasteiger partial charge on any atom is 0.362 e. The van der Waals surface area contributed by atoms with Crippen LogP contribution in [0.5, 0.6) is 5.75 Å². The molecule has 3 rings (SSSR count). The van der Waals surface area contributed by atoms with Gasteiger partial charge in [0, 0.05) is 18.0 Å². The van der Waals surface area contributed by atoms with E-state index in [1.165, 1.54) is 5.38 Å². The van der Waals surface area contributed by atoms with Crippen molar-refractivity contribution in [1.82, 2.24) is 35.3 Å². The van der Waals surface area contributed by atoms with E-state index < -0.39 is 94.2 Å². The van der Waals surface area contributed by atoms with Gasteiger partial charge in [-0.05, 0) is 13.8 Å². The van der Waals surface area contributed by atoms with Gasteiger partial charge in [-0.3, -0.25) is 23.7 Å². The third-order valence-electron chi connectivity index (χ3n) is 6.00. The Bertz CT molecular complexity index is 1750. The van der Waals surface area contributed by atoms with E-state index in [0.717, 1.165) is 31.3 Å². The minimum atomic E-state index is -5.16. The molecule has 1 aliphatic rings. The number of nitrogens with zero attached hydrogens (tertiary/aromatic N) is 4. The number of carbonyl (C=O) groups is 5. The van der Waals surface area contributed by atoms with E-state index in [2.05, 4.69) is 31.4 Å². The number of carboxylic acids is 1. The van der Waals surface area contributed by atoms with E-state index in [0.29, 0.717) is 10.9 Å². The zero-order chi connectivity index (χ0) is 34.6. The Labute approximate surface area is 261 Å². The number of thiazole rings is 1. The van der Waals surface area contributed by atoms with Crippen LogP contribution in [-0.4, -0.2) is 109 Å². The third kappa shape index (κ3) is 8.36. The molecular weight excluding hydrogens is 662 g/mol. The van der Waals surface area contributed by atoms with Gasteiger partial charge in [0.15, 0.2) is 16.6 Å². The van der Waals surface area contributed by atoms with Gasteiger partial charge in [-0.25, -0.2) is 18.9 Å². The van der Waals surface area contributed by atoms with Crippen LogP contribution >= 0.6 is 11.3 Å². The molecule has 1 saturated heterocycles. The number of nitrogen functional groups attached to an aromatic ring is 1. The van der Waals surface area contributed by atoms with Crippen molar-refractivity contribution in [3.05, 3.63) is 39.3 Å². The van der Waals surface area contributed by atoms with Crippen LogP contribution in [0.4, 0.5) is 9.93 Å². The summed E-state index contributed by atoms with van der Waals surface area (Å²) in [6.45, 7) is 0.496. The van der Waals surface area contributed by atoms with Crippen LogP contribution in [0.15, 0.2) is 27.6 Å². The molecule has 0 bridgehead atoms. The minimum Gasteiger partial charge on any atom is -0.503 e. The first-order valence-corrected chi connectivity index (χ1v) is 14.8. The molecule has 24 heteroatoms. The molecule has 1 fully saturated rings. The van der Waals surface area contributed by atoms with Crippen LogP contribution < -0.4 is 32.4 Å². The molecule has 2 aromatic heterocycles. The Morgan fingerprint density at radius 2 is 1.87 bits per heavy atom. The van der Waals surface area contributed by atoms with Gasteiger partial charge in [-0.15, -0.1) is 11.3 Å². The zero-order valence-corrected chi connectivity index (χ0v) is 25.3. The molecule has 0 aromatic carbocycles. The molecule has 0 aliphatic carbocycles. The van der Waals surface area contributed by atoms with Gasteiger partial charge in [0.05, 0.1) is 31.0 Å². The first kappa shape index (κ1) is 35.0. The van der Waals surface area contributed by atoms with Crippen molar-refractivity contribution in [1.29, 1.82) is 0 Å². The number of urea groups is 1. The highest BCUT2D eigenvalue weighted by Gasteiger charge is 2.54. The van der Waals surface area contributed by atoms with E-state index in [-0.39, 0.29) is 20.8 Å². The zero-order valence-electron chi connectivity index (χ0n) is 23.7. The van der Waals surface area contributed by atoms with Crippen molar-refractivity contribution in [2.24, 2.45) is 5.16 Å². The van der Waals surface area contributed by atoms with Crippen molar-refractivity contribution in [3.63, 3.8) is 0 Å². The standard InChI is InChI=1S/C22H27N9O13S2/c1-22(2,19(37)38)44-29-15(10-8-45-20(23)27-10)17(35)28-16-11(31(18(16)36)46(41,42)43)5-24-14(34)6-26-21(39)25-4-9-3-12(32)13(33)7-30(9)40/h3,7-8,11,16,33,40H,4-6H2,1-2H3,(H2,23,27)(H,24,34)(H,28,35)(H,37,38)(H2,25,26,39)(H,41,42,43)/b29-15-. The summed E-state index contributed by atoms with van der Waals surface area (Å²) in [5, 5.41) is 41.8. The number of aromatic nitrogens is 2. The highest BCUT2D eigenvalue weighted by atomic mass is 32.2. The first-order chi connectivity index (χ1) is 21.3. The van der Waals surface area contributed by atoms with Gasteiger partial charge in [-0.1, -0.05) is 5.16 Å². The molecule has 0 spiro atoms. The number of β-lactam (4-membered cyclic amide) rings is 1. The van der Waals surface area contributed by atoms with Crippen LogP contribution in [0.25, 0.3) is 0 Å². The van der Waals surface area contributed by atoms with Crippen LogP contribution in [0.3, 0.4) is 0 Å². The average molecular weight is 690 g/mol. The minimum absolute atomic E-state index is 0.00782. The number of carbonyl (C=O) groups excluding carboxylic acids is 4. The lowest BCUT2D eigenvalue weighted by Gasteiger charge is -2.44. The lowest BCUT2D eigenvalue weighted by Crippen LogP contribution is -2.74. The fraction of sp³-hybridized carbons (Fsp3) is 0.364. The Balaban J connectivity index is 1.65. The summed E-state index contributed by atoms with van der Waals surface area (Å²) in [5.41, 5.74) is 1.94. The SMILES string of the molecule is CC(C)(O/N=C(\C(=O)NC1C(=O)N(S(=O)(=O)O)C1CNC(=O)CNC(=O)NCc1cc(=O)c(O)cn1O)c1csc(N)n1)C(=O)O. The number of aromatic hydroxyl groups is 1. The molecule has 1 aliphatic heterocycles. The second-order valence-corrected chi connectivity index (χ2v) is 11.9. The lowest BCUT2D eigenvalue weighted by atomic mass is 9.98. The number of rotatable bonds is 13. The van der Waals surface area contributed by atoms with Crippen molar-refractivity contribution in [3.8, 4) is 5.75 Å². The maximum atomic E-state index is 13.1. The van der Waals surface area contributed by atoms with Gasteiger partial charge >= 0.3 is 22.3 Å². The van der Waals surface area contributed by atoms with E-state index in [1.807, 2.05) is 0 Å². The molecule has 3 heterocycles. The maximum absolute atomic E-state index is 13.1. The topological polar surface area (TPSA) is 334 Å². The first-order valence-electron chi connectivity index (χ1n) is 12.6. The van der Waals surface area contributed by atoms with Crippen molar-refractivity contribution in [2.45, 2.75) is 38.1 Å². The summed E-state index contributed by atoms with van der Waals surface area (Å²) >= 11 is 0.885. The van der Waals surface area contributed by atoms with Crippen LogP contribution in [0.1, 0.15) is 25.2 Å². The van der Waals surface area contributed by atoms with E-state index >= 15 is 0 Å². The molecule has 22 nitrogen and oxygen atoms in total. The summed E-state index contributed by atoms with van der Waals surface area (Å²) in [6, 6.07) is -3.33. The van der Waals surface area contributed by atoms with Crippen molar-refractivity contribution >= 4 is 62.2 Å².